The fraction of sp³-hybridized carbons (Fsp3) is 0.0312. The number of halogens is 2. The van der Waals surface area contributed by atoms with Crippen molar-refractivity contribution in [2.75, 3.05) is 0 Å². The molecule has 8 heteroatoms. The van der Waals surface area contributed by atoms with Crippen molar-refractivity contribution in [3.05, 3.63) is 136 Å². The summed E-state index contributed by atoms with van der Waals surface area (Å²) in [4.78, 5) is 18.4. The van der Waals surface area contributed by atoms with Gasteiger partial charge in [0.25, 0.3) is 5.56 Å². The number of benzene rings is 4. The van der Waals surface area contributed by atoms with Gasteiger partial charge in [0, 0.05) is 38.6 Å². The van der Waals surface area contributed by atoms with E-state index in [2.05, 4.69) is 5.10 Å². The van der Waals surface area contributed by atoms with Gasteiger partial charge in [-0.15, -0.1) is 0 Å². The van der Waals surface area contributed by atoms with Crippen LogP contribution in [0.5, 0.6) is 0 Å². The number of rotatable bonds is 5. The average molecular weight is 547 g/mol. The van der Waals surface area contributed by atoms with Crippen molar-refractivity contribution in [1.82, 2.24) is 14.2 Å². The maximum absolute atomic E-state index is 14.4. The second kappa shape index (κ2) is 9.63. The second-order valence-electron chi connectivity index (χ2n) is 9.43. The fourth-order valence-electron chi connectivity index (χ4n) is 4.95. The molecule has 0 saturated carbocycles. The lowest BCUT2D eigenvalue weighted by molar-refractivity contribution is 0.602. The van der Waals surface area contributed by atoms with Crippen LogP contribution in [0.15, 0.2) is 118 Å². The van der Waals surface area contributed by atoms with Crippen molar-refractivity contribution in [2.24, 2.45) is 5.10 Å². The first kappa shape index (κ1) is 24.1. The SMILES string of the molecule is O=c1c2ccccc2nc(-c2cc3cc(Cl)ccc3o2)n1N=Cc1cn(Cc2ccccc2F)c2ccccc12. The van der Waals surface area contributed by atoms with Gasteiger partial charge in [-0.2, -0.15) is 9.78 Å². The minimum absolute atomic E-state index is 0.263. The number of furan rings is 1. The molecule has 0 bridgehead atoms. The number of aromatic nitrogens is 3. The number of hydrogen-bond acceptors (Lipinski definition) is 4. The molecule has 6 nitrogen and oxygen atoms in total. The van der Waals surface area contributed by atoms with Crippen LogP contribution in [0, 0.1) is 5.82 Å². The van der Waals surface area contributed by atoms with E-state index in [1.54, 1.807) is 60.8 Å². The Morgan fingerprint density at radius 2 is 1.70 bits per heavy atom. The number of fused-ring (bicyclic) bond motifs is 3. The first-order chi connectivity index (χ1) is 19.5. The van der Waals surface area contributed by atoms with Crippen LogP contribution in [0.1, 0.15) is 11.1 Å². The maximum Gasteiger partial charge on any atom is 0.282 e. The summed E-state index contributed by atoms with van der Waals surface area (Å²) < 4.78 is 23.7. The topological polar surface area (TPSA) is 65.3 Å². The molecule has 0 unspecified atom stereocenters. The van der Waals surface area contributed by atoms with E-state index in [9.17, 15) is 9.18 Å². The van der Waals surface area contributed by atoms with Crippen molar-refractivity contribution in [1.29, 1.82) is 0 Å². The molecule has 0 amide bonds. The fourth-order valence-corrected chi connectivity index (χ4v) is 5.13. The minimum atomic E-state index is -0.328. The summed E-state index contributed by atoms with van der Waals surface area (Å²) >= 11 is 6.18. The standard InChI is InChI=1S/C32H20ClFN4O2/c33-23-13-14-29-21(15-23)16-30(40-29)31-36-27-11-5-2-9-25(27)32(39)38(31)35-17-22-19-37(28-12-6-3-8-24(22)28)18-20-7-1-4-10-26(20)34/h1-17,19H,18H2. The first-order valence-corrected chi connectivity index (χ1v) is 13.0. The van der Waals surface area contributed by atoms with Crippen LogP contribution in [0.2, 0.25) is 5.02 Å². The quantitative estimate of drug-likeness (QED) is 0.210. The number of hydrogen-bond donors (Lipinski definition) is 0. The van der Waals surface area contributed by atoms with Crippen LogP contribution < -0.4 is 5.56 Å². The largest absolute Gasteiger partial charge is 0.453 e. The third-order valence-electron chi connectivity index (χ3n) is 6.88. The Morgan fingerprint density at radius 3 is 2.58 bits per heavy atom. The van der Waals surface area contributed by atoms with E-state index in [1.807, 2.05) is 47.2 Å². The van der Waals surface area contributed by atoms with E-state index in [1.165, 1.54) is 10.7 Å². The molecular weight excluding hydrogens is 527 g/mol. The van der Waals surface area contributed by atoms with Gasteiger partial charge in [0.05, 0.1) is 23.7 Å². The molecule has 0 spiro atoms. The molecule has 7 rings (SSSR count). The molecular formula is C32H20ClFN4O2. The summed E-state index contributed by atoms with van der Waals surface area (Å²) in [6, 6.07) is 28.8. The predicted octanol–water partition coefficient (Wildman–Crippen LogP) is 7.49. The van der Waals surface area contributed by atoms with Gasteiger partial charge in [0.2, 0.25) is 5.82 Å². The Hall–Kier alpha value is -5.01. The highest BCUT2D eigenvalue weighted by molar-refractivity contribution is 6.31. The van der Waals surface area contributed by atoms with Gasteiger partial charge in [0.15, 0.2) is 5.76 Å². The highest BCUT2D eigenvalue weighted by Gasteiger charge is 2.17. The lowest BCUT2D eigenvalue weighted by atomic mass is 10.2. The van der Waals surface area contributed by atoms with Crippen LogP contribution in [-0.2, 0) is 6.54 Å². The summed E-state index contributed by atoms with van der Waals surface area (Å²) in [6.45, 7) is 0.352. The van der Waals surface area contributed by atoms with Crippen LogP contribution in [0.3, 0.4) is 0 Å². The Labute approximate surface area is 232 Å². The minimum Gasteiger partial charge on any atom is -0.453 e. The van der Waals surface area contributed by atoms with E-state index in [0.29, 0.717) is 39.4 Å². The molecule has 4 aromatic carbocycles. The molecule has 0 radical (unpaired) electrons. The normalized spacial score (nSPS) is 11.8. The maximum atomic E-state index is 14.4. The van der Waals surface area contributed by atoms with E-state index in [-0.39, 0.29) is 17.2 Å². The van der Waals surface area contributed by atoms with Gasteiger partial charge >= 0.3 is 0 Å². The van der Waals surface area contributed by atoms with Gasteiger partial charge in [-0.05, 0) is 48.5 Å². The summed E-state index contributed by atoms with van der Waals surface area (Å²) in [5, 5.41) is 7.34. The Kier molecular flexibility index (Phi) is 5.79. The van der Waals surface area contributed by atoms with E-state index in [4.69, 9.17) is 21.0 Å². The molecule has 0 aliphatic rings. The molecule has 194 valence electrons. The number of nitrogens with zero attached hydrogens (tertiary/aromatic N) is 4. The molecule has 0 saturated heterocycles. The second-order valence-corrected chi connectivity index (χ2v) is 9.86. The third kappa shape index (κ3) is 4.17. The first-order valence-electron chi connectivity index (χ1n) is 12.6. The summed E-state index contributed by atoms with van der Waals surface area (Å²) in [6.07, 6.45) is 3.53. The molecule has 0 aliphatic heterocycles. The summed E-state index contributed by atoms with van der Waals surface area (Å²) in [5.74, 6) is 0.391. The number of para-hydroxylation sites is 2. The molecule has 7 aromatic rings. The molecule has 3 aromatic heterocycles. The zero-order chi connectivity index (χ0) is 27.2. The van der Waals surface area contributed by atoms with Crippen LogP contribution in [-0.4, -0.2) is 20.4 Å². The van der Waals surface area contributed by atoms with Gasteiger partial charge in [0.1, 0.15) is 11.4 Å². The third-order valence-corrected chi connectivity index (χ3v) is 7.12. The van der Waals surface area contributed by atoms with E-state index in [0.717, 1.165) is 21.9 Å². The van der Waals surface area contributed by atoms with Crippen molar-refractivity contribution in [3.63, 3.8) is 0 Å². The summed E-state index contributed by atoms with van der Waals surface area (Å²) in [5.41, 5.74) is 3.10. The Morgan fingerprint density at radius 1 is 0.925 bits per heavy atom. The zero-order valence-corrected chi connectivity index (χ0v) is 21.7. The molecule has 3 heterocycles. The van der Waals surface area contributed by atoms with E-state index >= 15 is 0 Å². The van der Waals surface area contributed by atoms with Gasteiger partial charge < -0.3 is 8.98 Å². The average Bonchev–Trinajstić information content (AvgIpc) is 3.55. The smallest absolute Gasteiger partial charge is 0.282 e. The Bertz CT molecular complexity index is 2160. The highest BCUT2D eigenvalue weighted by atomic mass is 35.5. The molecule has 0 atom stereocenters. The van der Waals surface area contributed by atoms with Crippen LogP contribution >= 0.6 is 11.6 Å². The van der Waals surface area contributed by atoms with E-state index < -0.39 is 0 Å². The summed E-state index contributed by atoms with van der Waals surface area (Å²) in [7, 11) is 0. The zero-order valence-electron chi connectivity index (χ0n) is 21.0. The molecule has 0 N–H and O–H groups in total. The molecule has 0 fully saturated rings. The predicted molar refractivity (Wildman–Crippen MR) is 157 cm³/mol. The van der Waals surface area contributed by atoms with Gasteiger partial charge in [-0.25, -0.2) is 9.37 Å². The Balaban J connectivity index is 1.38. The van der Waals surface area contributed by atoms with Crippen molar-refractivity contribution >= 4 is 50.6 Å². The van der Waals surface area contributed by atoms with Gasteiger partial charge in [-0.1, -0.05) is 60.1 Å². The lowest BCUT2D eigenvalue weighted by Gasteiger charge is -2.07. The van der Waals surface area contributed by atoms with Crippen LogP contribution in [0.25, 0.3) is 44.4 Å². The van der Waals surface area contributed by atoms with Crippen molar-refractivity contribution < 1.29 is 8.81 Å². The molecule has 40 heavy (non-hydrogen) atoms. The van der Waals surface area contributed by atoms with Gasteiger partial charge in [-0.3, -0.25) is 4.79 Å². The van der Waals surface area contributed by atoms with Crippen molar-refractivity contribution in [3.8, 4) is 11.6 Å². The lowest BCUT2D eigenvalue weighted by Crippen LogP contribution is -2.20. The monoisotopic (exact) mass is 546 g/mol. The van der Waals surface area contributed by atoms with Crippen LogP contribution in [0.4, 0.5) is 4.39 Å². The highest BCUT2D eigenvalue weighted by Crippen LogP contribution is 2.29. The molecule has 0 aliphatic carbocycles. The van der Waals surface area contributed by atoms with Crippen molar-refractivity contribution in [2.45, 2.75) is 6.54 Å².